The quantitative estimate of drug-likeness (QED) is 0.537. The zero-order chi connectivity index (χ0) is 25.9. The third-order valence-electron chi connectivity index (χ3n) is 6.74. The molecule has 2 aromatic rings. The first-order valence-electron chi connectivity index (χ1n) is 12.1. The lowest BCUT2D eigenvalue weighted by atomic mass is 9.73. The van der Waals surface area contributed by atoms with Gasteiger partial charge < -0.3 is 29.7 Å². The van der Waals surface area contributed by atoms with E-state index in [9.17, 15) is 9.59 Å². The highest BCUT2D eigenvalue weighted by molar-refractivity contribution is 6.02. The van der Waals surface area contributed by atoms with E-state index in [2.05, 4.69) is 24.5 Å². The summed E-state index contributed by atoms with van der Waals surface area (Å²) in [5.74, 6) is 0.522. The Labute approximate surface area is 212 Å². The maximum absolute atomic E-state index is 13.8. The molecule has 0 spiro atoms. The number of anilines is 2. The summed E-state index contributed by atoms with van der Waals surface area (Å²) in [6.07, 6.45) is 0.601. The fourth-order valence-electron chi connectivity index (χ4n) is 5.11. The largest absolute Gasteiger partial charge is 0.496 e. The molecule has 36 heavy (non-hydrogen) atoms. The van der Waals surface area contributed by atoms with Gasteiger partial charge in [0.15, 0.2) is 12.1 Å². The van der Waals surface area contributed by atoms with E-state index in [1.54, 1.807) is 7.11 Å². The minimum Gasteiger partial charge on any atom is -0.496 e. The summed E-state index contributed by atoms with van der Waals surface area (Å²) >= 11 is 0. The molecule has 2 aliphatic rings. The van der Waals surface area contributed by atoms with Gasteiger partial charge >= 0.3 is 0 Å². The number of carbonyl (C=O) groups excluding carboxylic acids is 2. The average molecular weight is 494 g/mol. The molecule has 0 saturated heterocycles. The molecule has 1 aliphatic heterocycles. The number of nitrogens with one attached hydrogen (secondary N) is 2. The lowest BCUT2D eigenvalue weighted by molar-refractivity contribution is -0.126. The highest BCUT2D eigenvalue weighted by Crippen LogP contribution is 2.49. The van der Waals surface area contributed by atoms with Gasteiger partial charge in [0.1, 0.15) is 5.75 Å². The molecular formula is C28H35N3O5. The van der Waals surface area contributed by atoms with Crippen molar-refractivity contribution in [3.05, 3.63) is 65.4 Å². The van der Waals surface area contributed by atoms with E-state index in [-0.39, 0.29) is 30.2 Å². The molecule has 1 aliphatic carbocycles. The average Bonchev–Trinajstić information content (AvgIpc) is 2.98. The molecule has 1 atom stereocenters. The van der Waals surface area contributed by atoms with Gasteiger partial charge in [-0.15, -0.1) is 0 Å². The van der Waals surface area contributed by atoms with Gasteiger partial charge in [0.25, 0.3) is 0 Å². The molecule has 192 valence electrons. The number of nitrogens with zero attached hydrogens (tertiary/aromatic N) is 1. The van der Waals surface area contributed by atoms with Crippen molar-refractivity contribution in [2.24, 2.45) is 5.41 Å². The number of hydrogen-bond donors (Lipinski definition) is 2. The summed E-state index contributed by atoms with van der Waals surface area (Å²) in [6.45, 7) is 4.45. The Hall–Kier alpha value is -3.36. The van der Waals surface area contributed by atoms with E-state index in [0.717, 1.165) is 29.1 Å². The molecule has 0 saturated carbocycles. The molecule has 2 N–H and O–H groups in total. The van der Waals surface area contributed by atoms with Crippen LogP contribution in [0.1, 0.15) is 38.3 Å². The van der Waals surface area contributed by atoms with Gasteiger partial charge in [-0.1, -0.05) is 44.2 Å². The van der Waals surface area contributed by atoms with Gasteiger partial charge in [-0.3, -0.25) is 9.59 Å². The predicted molar refractivity (Wildman–Crippen MR) is 139 cm³/mol. The SMILES string of the molecule is COc1ccccc1C1C2=C(CC(C)(C)CC2=O)Nc2ccccc2N1CC(=O)NCC(OC)OC. The fourth-order valence-corrected chi connectivity index (χ4v) is 5.11. The molecule has 4 rings (SSSR count). The van der Waals surface area contributed by atoms with Crippen LogP contribution in [0, 0.1) is 5.41 Å². The zero-order valence-electron chi connectivity index (χ0n) is 21.6. The highest BCUT2D eigenvalue weighted by atomic mass is 16.7. The summed E-state index contributed by atoms with van der Waals surface area (Å²) in [5.41, 5.74) is 3.91. The Balaban J connectivity index is 1.85. The number of hydrogen-bond acceptors (Lipinski definition) is 7. The molecule has 1 unspecified atom stereocenters. The number of para-hydroxylation sites is 3. The summed E-state index contributed by atoms with van der Waals surface area (Å²) in [6, 6.07) is 15.0. The van der Waals surface area contributed by atoms with Crippen LogP contribution < -0.4 is 20.3 Å². The molecule has 0 fully saturated rings. The Bertz CT molecular complexity index is 1160. The standard InChI is InChI=1S/C28H35N3O5/c1-28(2)14-20-26(22(32)15-28)27(18-10-6-9-13-23(18)34-3)31(21-12-8-7-11-19(21)30-20)17-24(33)29-16-25(35-4)36-5/h6-13,25,27,30H,14-17H2,1-5H3,(H,29,33). The molecule has 0 bridgehead atoms. The topological polar surface area (TPSA) is 89.1 Å². The molecule has 8 nitrogen and oxygen atoms in total. The van der Waals surface area contributed by atoms with E-state index in [4.69, 9.17) is 14.2 Å². The van der Waals surface area contributed by atoms with Gasteiger partial charge in [-0.05, 0) is 30.0 Å². The molecular weight excluding hydrogens is 458 g/mol. The Kier molecular flexibility index (Phi) is 7.66. The van der Waals surface area contributed by atoms with Crippen molar-refractivity contribution in [3.63, 3.8) is 0 Å². The van der Waals surface area contributed by atoms with Crippen LogP contribution in [0.25, 0.3) is 0 Å². The molecule has 2 aromatic carbocycles. The number of allylic oxidation sites excluding steroid dienone is 1. The lowest BCUT2D eigenvalue weighted by Crippen LogP contribution is -2.44. The Morgan fingerprint density at radius 3 is 2.50 bits per heavy atom. The summed E-state index contributed by atoms with van der Waals surface area (Å²) in [7, 11) is 4.67. The molecule has 8 heteroatoms. The monoisotopic (exact) mass is 493 g/mol. The van der Waals surface area contributed by atoms with Crippen LogP contribution in [0.3, 0.4) is 0 Å². The summed E-state index contributed by atoms with van der Waals surface area (Å²) in [5, 5.41) is 6.46. The highest BCUT2D eigenvalue weighted by Gasteiger charge is 2.42. The Morgan fingerprint density at radius 2 is 1.78 bits per heavy atom. The first kappa shape index (κ1) is 25.7. The molecule has 1 amide bonds. The van der Waals surface area contributed by atoms with Crippen molar-refractivity contribution in [3.8, 4) is 5.75 Å². The van der Waals surface area contributed by atoms with E-state index in [0.29, 0.717) is 17.7 Å². The fraction of sp³-hybridized carbons (Fsp3) is 0.429. The van der Waals surface area contributed by atoms with Crippen molar-refractivity contribution in [2.75, 3.05) is 44.6 Å². The number of rotatable bonds is 8. The van der Waals surface area contributed by atoms with Crippen LogP contribution >= 0.6 is 0 Å². The van der Waals surface area contributed by atoms with Crippen LogP contribution in [-0.2, 0) is 19.1 Å². The number of Topliss-reactive ketones (excluding diaryl/α,β-unsaturated/α-hetero) is 1. The van der Waals surface area contributed by atoms with Crippen LogP contribution in [0.5, 0.6) is 5.75 Å². The van der Waals surface area contributed by atoms with Gasteiger partial charge in [0, 0.05) is 37.5 Å². The minimum atomic E-state index is -0.548. The number of methoxy groups -OCH3 is 3. The number of ketones is 1. The van der Waals surface area contributed by atoms with Crippen LogP contribution in [0.4, 0.5) is 11.4 Å². The van der Waals surface area contributed by atoms with Gasteiger partial charge in [0.05, 0.1) is 37.6 Å². The van der Waals surface area contributed by atoms with Crippen LogP contribution in [-0.4, -0.2) is 52.4 Å². The van der Waals surface area contributed by atoms with Crippen molar-refractivity contribution in [2.45, 2.75) is 39.0 Å². The second-order valence-corrected chi connectivity index (χ2v) is 9.95. The minimum absolute atomic E-state index is 0.0228. The summed E-state index contributed by atoms with van der Waals surface area (Å²) in [4.78, 5) is 29.0. The van der Waals surface area contributed by atoms with Crippen LogP contribution in [0.15, 0.2) is 59.8 Å². The second kappa shape index (κ2) is 10.7. The van der Waals surface area contributed by atoms with Gasteiger partial charge in [-0.2, -0.15) is 0 Å². The maximum atomic E-state index is 13.8. The molecule has 0 radical (unpaired) electrons. The van der Waals surface area contributed by atoms with E-state index >= 15 is 0 Å². The van der Waals surface area contributed by atoms with Crippen molar-refractivity contribution < 1.29 is 23.8 Å². The lowest BCUT2D eigenvalue weighted by Gasteiger charge is -2.38. The molecule has 1 heterocycles. The van der Waals surface area contributed by atoms with Crippen molar-refractivity contribution >= 4 is 23.1 Å². The normalized spacial score (nSPS) is 18.8. The third kappa shape index (κ3) is 5.24. The molecule has 0 aromatic heterocycles. The van der Waals surface area contributed by atoms with Gasteiger partial charge in [-0.25, -0.2) is 0 Å². The Morgan fingerprint density at radius 1 is 1.08 bits per heavy atom. The predicted octanol–water partition coefficient (Wildman–Crippen LogP) is 4.05. The first-order chi connectivity index (χ1) is 17.3. The zero-order valence-corrected chi connectivity index (χ0v) is 21.6. The first-order valence-corrected chi connectivity index (χ1v) is 12.1. The number of carbonyl (C=O) groups is 2. The van der Waals surface area contributed by atoms with E-state index in [1.807, 2.05) is 53.4 Å². The van der Waals surface area contributed by atoms with Crippen molar-refractivity contribution in [1.82, 2.24) is 5.32 Å². The van der Waals surface area contributed by atoms with E-state index < -0.39 is 12.3 Å². The maximum Gasteiger partial charge on any atom is 0.239 e. The third-order valence-corrected chi connectivity index (χ3v) is 6.74. The second-order valence-electron chi connectivity index (χ2n) is 9.95. The number of benzene rings is 2. The van der Waals surface area contributed by atoms with E-state index in [1.165, 1.54) is 14.2 Å². The number of fused-ring (bicyclic) bond motifs is 1. The smallest absolute Gasteiger partial charge is 0.239 e. The number of amides is 1. The van der Waals surface area contributed by atoms with Crippen LogP contribution in [0.2, 0.25) is 0 Å². The number of ether oxygens (including phenoxy) is 3. The summed E-state index contributed by atoms with van der Waals surface area (Å²) < 4.78 is 16.2. The van der Waals surface area contributed by atoms with Crippen molar-refractivity contribution in [1.29, 1.82) is 0 Å². The van der Waals surface area contributed by atoms with Gasteiger partial charge in [0.2, 0.25) is 5.91 Å².